The predicted molar refractivity (Wildman–Crippen MR) is 46.2 cm³/mol. The quantitative estimate of drug-likeness (QED) is 0.682. The average molecular weight is 176 g/mol. The molecule has 0 unspecified atom stereocenters. The van der Waals surface area contributed by atoms with Crippen molar-refractivity contribution < 1.29 is 4.79 Å². The number of H-pyrrole nitrogens is 1. The van der Waals surface area contributed by atoms with Gasteiger partial charge >= 0.3 is 0 Å². The van der Waals surface area contributed by atoms with Gasteiger partial charge in [-0.3, -0.25) is 4.79 Å². The first-order chi connectivity index (χ1) is 6.31. The van der Waals surface area contributed by atoms with Crippen molar-refractivity contribution in [3.63, 3.8) is 0 Å². The molecule has 2 aromatic rings. The third-order valence-corrected chi connectivity index (χ3v) is 1.78. The lowest BCUT2D eigenvalue weighted by molar-refractivity contribution is 0.111. The highest BCUT2D eigenvalue weighted by molar-refractivity contribution is 5.72. The maximum absolute atomic E-state index is 10.4. The van der Waals surface area contributed by atoms with Gasteiger partial charge in [0.05, 0.1) is 24.4 Å². The van der Waals surface area contributed by atoms with Crippen molar-refractivity contribution in [1.29, 1.82) is 0 Å². The molecule has 0 amide bonds. The Kier molecular flexibility index (Phi) is 1.70. The van der Waals surface area contributed by atoms with Crippen LogP contribution < -0.4 is 0 Å². The van der Waals surface area contributed by atoms with Gasteiger partial charge in [-0.25, -0.2) is 9.97 Å². The van der Waals surface area contributed by atoms with Crippen molar-refractivity contribution in [2.45, 2.75) is 0 Å². The van der Waals surface area contributed by atoms with Crippen molar-refractivity contribution in [3.05, 3.63) is 24.4 Å². The minimum absolute atomic E-state index is 0.469. The molecule has 2 rings (SSSR count). The van der Waals surface area contributed by atoms with Crippen molar-refractivity contribution in [3.8, 4) is 11.5 Å². The van der Waals surface area contributed by atoms with E-state index >= 15 is 0 Å². The van der Waals surface area contributed by atoms with Gasteiger partial charge in [0, 0.05) is 7.05 Å². The summed E-state index contributed by atoms with van der Waals surface area (Å²) in [5.41, 5.74) is 1.32. The first kappa shape index (κ1) is 7.72. The Balaban J connectivity index is 2.46. The van der Waals surface area contributed by atoms with Gasteiger partial charge in [-0.15, -0.1) is 0 Å². The van der Waals surface area contributed by atoms with Crippen LogP contribution in [-0.4, -0.2) is 25.8 Å². The van der Waals surface area contributed by atoms with Crippen molar-refractivity contribution >= 4 is 6.29 Å². The molecule has 0 fully saturated rings. The molecule has 0 aliphatic rings. The largest absolute Gasteiger partial charge is 0.335 e. The minimum atomic E-state index is 0.469. The van der Waals surface area contributed by atoms with Crippen LogP contribution in [0.5, 0.6) is 0 Å². The maximum Gasteiger partial charge on any atom is 0.167 e. The summed E-state index contributed by atoms with van der Waals surface area (Å²) in [5, 5.41) is 0. The second-order valence-corrected chi connectivity index (χ2v) is 2.69. The Labute approximate surface area is 74.4 Å². The van der Waals surface area contributed by atoms with Gasteiger partial charge in [0.15, 0.2) is 12.1 Å². The molecule has 0 aromatic carbocycles. The summed E-state index contributed by atoms with van der Waals surface area (Å²) in [6.45, 7) is 0. The maximum atomic E-state index is 10.4. The van der Waals surface area contributed by atoms with E-state index in [1.165, 1.54) is 6.20 Å². The van der Waals surface area contributed by atoms with E-state index in [1.54, 1.807) is 12.5 Å². The summed E-state index contributed by atoms with van der Waals surface area (Å²) < 4.78 is 1.83. The summed E-state index contributed by atoms with van der Waals surface area (Å²) in [6.07, 6.45) is 5.59. The number of hydrogen-bond donors (Lipinski definition) is 1. The zero-order valence-electron chi connectivity index (χ0n) is 7.06. The number of aromatic nitrogens is 4. The topological polar surface area (TPSA) is 63.6 Å². The van der Waals surface area contributed by atoms with E-state index < -0.39 is 0 Å². The van der Waals surface area contributed by atoms with Crippen molar-refractivity contribution in [2.24, 2.45) is 7.05 Å². The molecule has 2 aromatic heterocycles. The first-order valence-corrected chi connectivity index (χ1v) is 3.78. The van der Waals surface area contributed by atoms with Gasteiger partial charge in [0.1, 0.15) is 5.69 Å². The molecule has 0 aliphatic carbocycles. The molecule has 66 valence electrons. The van der Waals surface area contributed by atoms with Crippen LogP contribution in [0.25, 0.3) is 11.5 Å². The average Bonchev–Trinajstić information content (AvgIpc) is 2.71. The lowest BCUT2D eigenvalue weighted by Gasteiger charge is -1.95. The summed E-state index contributed by atoms with van der Waals surface area (Å²) >= 11 is 0. The van der Waals surface area contributed by atoms with Crippen LogP contribution in [0.4, 0.5) is 0 Å². The number of aromatic amines is 1. The molecule has 0 saturated carbocycles. The van der Waals surface area contributed by atoms with Gasteiger partial charge in [-0.2, -0.15) is 0 Å². The number of nitrogens with zero attached hydrogens (tertiary/aromatic N) is 3. The van der Waals surface area contributed by atoms with Crippen LogP contribution >= 0.6 is 0 Å². The summed E-state index contributed by atoms with van der Waals surface area (Å²) in [7, 11) is 1.87. The summed E-state index contributed by atoms with van der Waals surface area (Å²) in [6, 6.07) is 0. The molecule has 0 aliphatic heterocycles. The van der Waals surface area contributed by atoms with Crippen LogP contribution in [0.3, 0.4) is 0 Å². The summed E-state index contributed by atoms with van der Waals surface area (Å²) in [5.74, 6) is 0.655. The van der Waals surface area contributed by atoms with E-state index in [1.807, 2.05) is 11.6 Å². The van der Waals surface area contributed by atoms with Crippen LogP contribution in [-0.2, 0) is 7.05 Å². The number of aryl methyl sites for hydroxylation is 1. The molecule has 13 heavy (non-hydrogen) atoms. The SMILES string of the molecule is Cn1cncc1-c1ncc(C=O)[nH]1. The van der Waals surface area contributed by atoms with Gasteiger partial charge in [-0.05, 0) is 0 Å². The monoisotopic (exact) mass is 176 g/mol. The first-order valence-electron chi connectivity index (χ1n) is 3.78. The van der Waals surface area contributed by atoms with Crippen LogP contribution in [0, 0.1) is 0 Å². The minimum Gasteiger partial charge on any atom is -0.335 e. The van der Waals surface area contributed by atoms with Crippen LogP contribution in [0.2, 0.25) is 0 Å². The zero-order valence-corrected chi connectivity index (χ0v) is 7.06. The molecule has 0 bridgehead atoms. The summed E-state index contributed by atoms with van der Waals surface area (Å²) in [4.78, 5) is 21.2. The fourth-order valence-corrected chi connectivity index (χ4v) is 1.11. The molecule has 0 saturated heterocycles. The number of rotatable bonds is 2. The normalized spacial score (nSPS) is 10.2. The van der Waals surface area contributed by atoms with Crippen molar-refractivity contribution in [1.82, 2.24) is 19.5 Å². The number of hydrogen-bond acceptors (Lipinski definition) is 3. The molecule has 5 heteroatoms. The van der Waals surface area contributed by atoms with Gasteiger partial charge in [0.25, 0.3) is 0 Å². The van der Waals surface area contributed by atoms with E-state index in [-0.39, 0.29) is 0 Å². The number of carbonyl (C=O) groups excluding carboxylic acids is 1. The zero-order chi connectivity index (χ0) is 9.26. The molecule has 5 nitrogen and oxygen atoms in total. The third kappa shape index (κ3) is 1.24. The number of carbonyl (C=O) groups is 1. The molecule has 1 N–H and O–H groups in total. The lowest BCUT2D eigenvalue weighted by Crippen LogP contribution is -1.90. The fraction of sp³-hybridized carbons (Fsp3) is 0.125. The predicted octanol–water partition coefficient (Wildman–Crippen LogP) is 0.623. The number of imidazole rings is 2. The standard InChI is InChI=1S/C8H8N4O/c1-12-5-9-3-7(12)8-10-2-6(4-13)11-8/h2-5H,1H3,(H,10,11). The van der Waals surface area contributed by atoms with E-state index in [0.29, 0.717) is 11.5 Å². The Morgan fingerprint density at radius 3 is 2.92 bits per heavy atom. The highest BCUT2D eigenvalue weighted by atomic mass is 16.1. The molecular weight excluding hydrogens is 168 g/mol. The van der Waals surface area contributed by atoms with E-state index in [0.717, 1.165) is 12.0 Å². The van der Waals surface area contributed by atoms with Gasteiger partial charge < -0.3 is 9.55 Å². The Morgan fingerprint density at radius 2 is 2.38 bits per heavy atom. The van der Waals surface area contributed by atoms with Gasteiger partial charge in [0.2, 0.25) is 0 Å². The molecule has 0 atom stereocenters. The Hall–Kier alpha value is -1.91. The smallest absolute Gasteiger partial charge is 0.167 e. The number of aldehydes is 1. The second-order valence-electron chi connectivity index (χ2n) is 2.69. The van der Waals surface area contributed by atoms with E-state index in [4.69, 9.17) is 0 Å². The second kappa shape index (κ2) is 2.85. The molecular formula is C8H8N4O. The lowest BCUT2D eigenvalue weighted by atomic mass is 10.4. The molecule has 0 spiro atoms. The Morgan fingerprint density at radius 1 is 1.54 bits per heavy atom. The van der Waals surface area contributed by atoms with Crippen LogP contribution in [0.15, 0.2) is 18.7 Å². The van der Waals surface area contributed by atoms with Gasteiger partial charge in [-0.1, -0.05) is 0 Å². The molecule has 2 heterocycles. The fourth-order valence-electron chi connectivity index (χ4n) is 1.11. The third-order valence-electron chi connectivity index (χ3n) is 1.78. The Bertz CT molecular complexity index is 429. The van der Waals surface area contributed by atoms with Crippen molar-refractivity contribution in [2.75, 3.05) is 0 Å². The van der Waals surface area contributed by atoms with Crippen LogP contribution in [0.1, 0.15) is 10.5 Å². The number of nitrogens with one attached hydrogen (secondary N) is 1. The molecule has 0 radical (unpaired) electrons. The van der Waals surface area contributed by atoms with E-state index in [2.05, 4.69) is 15.0 Å². The highest BCUT2D eigenvalue weighted by Gasteiger charge is 2.05. The highest BCUT2D eigenvalue weighted by Crippen LogP contribution is 2.12. The van der Waals surface area contributed by atoms with E-state index in [9.17, 15) is 4.79 Å².